The maximum atomic E-state index is 9.59. The molecule has 2 aromatic rings. The molecule has 0 radical (unpaired) electrons. The second-order valence-electron chi connectivity index (χ2n) is 5.40. The molecule has 0 saturated carbocycles. The molecule has 0 aromatic heterocycles. The van der Waals surface area contributed by atoms with Crippen molar-refractivity contribution in [3.63, 3.8) is 0 Å². The Morgan fingerprint density at radius 2 is 1.79 bits per heavy atom. The zero-order valence-corrected chi connectivity index (χ0v) is 14.4. The van der Waals surface area contributed by atoms with E-state index in [1.807, 2.05) is 32.0 Å². The van der Waals surface area contributed by atoms with Gasteiger partial charge in [-0.2, -0.15) is 0 Å². The van der Waals surface area contributed by atoms with E-state index in [0.29, 0.717) is 0 Å². The first kappa shape index (κ1) is 19.3. The number of carboxylic acid groups (broad SMARTS) is 1. The summed E-state index contributed by atoms with van der Waals surface area (Å²) in [5, 5.41) is 10.3. The van der Waals surface area contributed by atoms with Crippen LogP contribution in [0.5, 0.6) is 0 Å². The molecule has 0 saturated heterocycles. The normalized spacial score (nSPS) is 10.5. The molecule has 0 aliphatic rings. The van der Waals surface area contributed by atoms with Crippen LogP contribution in [0.2, 0.25) is 0 Å². The summed E-state index contributed by atoms with van der Waals surface area (Å²) in [6, 6.07) is 14.5. The minimum atomic E-state index is -0.998. The molecule has 1 N–H and O–H groups in total. The second kappa shape index (κ2) is 9.39. The molecule has 0 spiro atoms. The summed E-state index contributed by atoms with van der Waals surface area (Å²) in [6.07, 6.45) is 2.02. The second-order valence-corrected chi connectivity index (χ2v) is 5.40. The number of carbonyl (C=O) groups is 1. The van der Waals surface area contributed by atoms with Crippen LogP contribution >= 0.6 is 0 Å². The van der Waals surface area contributed by atoms with E-state index in [2.05, 4.69) is 40.8 Å². The molecule has 2 rings (SSSR count). The molecule has 0 unspecified atom stereocenters. The van der Waals surface area contributed by atoms with Gasteiger partial charge in [-0.25, -0.2) is 4.79 Å². The number of benzene rings is 2. The maximum absolute atomic E-state index is 9.59. The highest BCUT2D eigenvalue weighted by Crippen LogP contribution is 2.15. The van der Waals surface area contributed by atoms with Gasteiger partial charge in [-0.3, -0.25) is 0 Å². The monoisotopic (exact) mass is 326 g/mol. The quantitative estimate of drug-likeness (QED) is 0.529. The average molecular weight is 326 g/mol. The first-order chi connectivity index (χ1) is 11.4. The van der Waals surface area contributed by atoms with Gasteiger partial charge in [-0.05, 0) is 36.8 Å². The van der Waals surface area contributed by atoms with Crippen molar-refractivity contribution in [1.82, 2.24) is 0 Å². The summed E-state index contributed by atoms with van der Waals surface area (Å²) >= 11 is 0. The van der Waals surface area contributed by atoms with Crippen molar-refractivity contribution < 1.29 is 19.4 Å². The predicted octanol–water partition coefficient (Wildman–Crippen LogP) is 3.85. The Morgan fingerprint density at radius 1 is 1.12 bits per heavy atom. The number of hydrogen-bond acceptors (Lipinski definition) is 3. The van der Waals surface area contributed by atoms with E-state index in [4.69, 9.17) is 9.84 Å². The van der Waals surface area contributed by atoms with E-state index in [9.17, 15) is 4.79 Å². The molecule has 0 aliphatic carbocycles. The Bertz CT molecular complexity index is 764. The lowest BCUT2D eigenvalue weighted by Gasteiger charge is -2.14. The smallest absolute Gasteiger partial charge is 0.331 e. The molecule has 0 heterocycles. The largest absolute Gasteiger partial charge is 0.504 e. The van der Waals surface area contributed by atoms with Gasteiger partial charge in [-0.15, -0.1) is 0 Å². The summed E-state index contributed by atoms with van der Waals surface area (Å²) in [6.45, 7) is 3.92. The third kappa shape index (κ3) is 6.99. The molecule has 0 amide bonds. The minimum Gasteiger partial charge on any atom is -0.504 e. The molecule has 126 valence electrons. The van der Waals surface area contributed by atoms with E-state index in [1.165, 1.54) is 17.9 Å². The summed E-state index contributed by atoms with van der Waals surface area (Å²) in [5.41, 5.74) is 0.625. The van der Waals surface area contributed by atoms with E-state index in [0.717, 1.165) is 17.9 Å². The highest BCUT2D eigenvalue weighted by atomic mass is 16.5. The number of fused-ring (bicyclic) bond motifs is 1. The lowest BCUT2D eigenvalue weighted by atomic mass is 10.1. The molecular formula is C20H22O4. The summed E-state index contributed by atoms with van der Waals surface area (Å²) in [5.74, 6) is 5.27. The van der Waals surface area contributed by atoms with Gasteiger partial charge in [0, 0.05) is 12.7 Å². The lowest BCUT2D eigenvalue weighted by molar-refractivity contribution is -0.131. The molecule has 0 bridgehead atoms. The van der Waals surface area contributed by atoms with Crippen LogP contribution in [0.3, 0.4) is 0 Å². The third-order valence-corrected chi connectivity index (χ3v) is 3.11. The summed E-state index contributed by atoms with van der Waals surface area (Å²) in [4.78, 5) is 9.59. The SMILES string of the molecule is COC(C)(C)C#Cc1ccc2ccccc2c1.COC=CC(=O)O. The number of aliphatic carboxylic acids is 1. The zero-order chi connectivity index (χ0) is 18.0. The average Bonchev–Trinajstić information content (AvgIpc) is 2.58. The summed E-state index contributed by atoms with van der Waals surface area (Å²) in [7, 11) is 3.06. The van der Waals surface area contributed by atoms with E-state index in [-0.39, 0.29) is 0 Å². The van der Waals surface area contributed by atoms with Crippen LogP contribution in [-0.2, 0) is 14.3 Å². The van der Waals surface area contributed by atoms with E-state index in [1.54, 1.807) is 7.11 Å². The van der Waals surface area contributed by atoms with Gasteiger partial charge in [0.15, 0.2) is 0 Å². The van der Waals surface area contributed by atoms with Crippen LogP contribution in [-0.4, -0.2) is 30.9 Å². The topological polar surface area (TPSA) is 55.8 Å². The molecule has 0 atom stereocenters. The highest BCUT2D eigenvalue weighted by Gasteiger charge is 2.10. The van der Waals surface area contributed by atoms with Crippen LogP contribution in [0, 0.1) is 11.8 Å². The molecule has 4 nitrogen and oxygen atoms in total. The van der Waals surface area contributed by atoms with Crippen molar-refractivity contribution in [1.29, 1.82) is 0 Å². The lowest BCUT2D eigenvalue weighted by Crippen LogP contribution is -2.19. The van der Waals surface area contributed by atoms with Gasteiger partial charge < -0.3 is 14.6 Å². The number of hydrogen-bond donors (Lipinski definition) is 1. The molecule has 0 fully saturated rings. The molecule has 24 heavy (non-hydrogen) atoms. The van der Waals surface area contributed by atoms with Gasteiger partial charge in [0.25, 0.3) is 0 Å². The van der Waals surface area contributed by atoms with Crippen LogP contribution in [0.25, 0.3) is 10.8 Å². The Kier molecular flexibility index (Phi) is 7.54. The van der Waals surface area contributed by atoms with Gasteiger partial charge in [0.1, 0.15) is 5.60 Å². The standard InChI is InChI=1S/C16H16O.C4H6O3/c1-16(2,17-3)11-10-13-8-9-14-6-4-5-7-15(14)12-13;1-7-3-2-4(5)6/h4-9,12H,1-3H3;2-3H,1H3,(H,5,6). The number of rotatable bonds is 3. The van der Waals surface area contributed by atoms with E-state index < -0.39 is 11.6 Å². The van der Waals surface area contributed by atoms with Crippen LogP contribution < -0.4 is 0 Å². The van der Waals surface area contributed by atoms with Crippen LogP contribution in [0.15, 0.2) is 54.8 Å². The van der Waals surface area contributed by atoms with E-state index >= 15 is 0 Å². The first-order valence-corrected chi connectivity index (χ1v) is 7.37. The Hall–Kier alpha value is -2.77. The molecule has 2 aromatic carbocycles. The zero-order valence-electron chi connectivity index (χ0n) is 14.4. The van der Waals surface area contributed by atoms with Gasteiger partial charge in [0.2, 0.25) is 0 Å². The maximum Gasteiger partial charge on any atom is 0.331 e. The third-order valence-electron chi connectivity index (χ3n) is 3.11. The van der Waals surface area contributed by atoms with Crippen molar-refractivity contribution >= 4 is 16.7 Å². The first-order valence-electron chi connectivity index (χ1n) is 7.37. The van der Waals surface area contributed by atoms with Gasteiger partial charge in [-0.1, -0.05) is 42.2 Å². The molecule has 0 aliphatic heterocycles. The fraction of sp³-hybridized carbons (Fsp3) is 0.250. The molecule has 4 heteroatoms. The molecular weight excluding hydrogens is 304 g/mol. The fourth-order valence-corrected chi connectivity index (χ4v) is 1.67. The van der Waals surface area contributed by atoms with Gasteiger partial charge >= 0.3 is 5.97 Å². The van der Waals surface area contributed by atoms with Crippen LogP contribution in [0.4, 0.5) is 0 Å². The minimum absolute atomic E-state index is 0.397. The highest BCUT2D eigenvalue weighted by molar-refractivity contribution is 5.83. The van der Waals surface area contributed by atoms with Gasteiger partial charge in [0.05, 0.1) is 19.4 Å². The summed E-state index contributed by atoms with van der Waals surface area (Å²) < 4.78 is 9.56. The predicted molar refractivity (Wildman–Crippen MR) is 95.7 cm³/mol. The Balaban J connectivity index is 0.000000351. The number of ether oxygens (including phenoxy) is 2. The van der Waals surface area contributed by atoms with Crippen LogP contribution in [0.1, 0.15) is 19.4 Å². The van der Waals surface area contributed by atoms with Crippen molar-refractivity contribution in [3.8, 4) is 11.8 Å². The Labute approximate surface area is 142 Å². The van der Waals surface area contributed by atoms with Crippen molar-refractivity contribution in [2.24, 2.45) is 0 Å². The number of carboxylic acids is 1. The van der Waals surface area contributed by atoms with Crippen molar-refractivity contribution in [2.45, 2.75) is 19.4 Å². The van der Waals surface area contributed by atoms with Crippen molar-refractivity contribution in [3.05, 3.63) is 60.4 Å². The number of methoxy groups -OCH3 is 2. The van der Waals surface area contributed by atoms with Crippen molar-refractivity contribution in [2.75, 3.05) is 14.2 Å². The fourth-order valence-electron chi connectivity index (χ4n) is 1.67. The Morgan fingerprint density at radius 3 is 2.33 bits per heavy atom.